The molecule has 0 radical (unpaired) electrons. The lowest BCUT2D eigenvalue weighted by Gasteiger charge is -2.24. The number of carbonyl (C=O) groups excluding carboxylic acids is 1. The third-order valence-electron chi connectivity index (χ3n) is 4.90. The third-order valence-corrected chi connectivity index (χ3v) is 4.90. The van der Waals surface area contributed by atoms with Crippen LogP contribution in [0.3, 0.4) is 0 Å². The Morgan fingerprint density at radius 2 is 2.09 bits per heavy atom. The first-order valence-corrected chi connectivity index (χ1v) is 8.16. The average Bonchev–Trinajstić information content (AvgIpc) is 3.25. The average molecular weight is 299 g/mol. The molecular formula is C16H21N5O. The Morgan fingerprint density at radius 3 is 2.82 bits per heavy atom. The molecule has 2 aromatic rings. The van der Waals surface area contributed by atoms with Gasteiger partial charge in [0.1, 0.15) is 5.82 Å². The second kappa shape index (κ2) is 5.26. The summed E-state index contributed by atoms with van der Waals surface area (Å²) in [6, 6.07) is 0.432. The van der Waals surface area contributed by atoms with Gasteiger partial charge in [-0.05, 0) is 25.3 Å². The van der Waals surface area contributed by atoms with E-state index in [1.807, 2.05) is 28.0 Å². The van der Waals surface area contributed by atoms with Gasteiger partial charge in [-0.3, -0.25) is 9.48 Å². The highest BCUT2D eigenvalue weighted by molar-refractivity contribution is 5.94. The molecule has 0 bridgehead atoms. The zero-order valence-corrected chi connectivity index (χ0v) is 12.8. The van der Waals surface area contributed by atoms with Crippen molar-refractivity contribution in [3.8, 4) is 0 Å². The van der Waals surface area contributed by atoms with Gasteiger partial charge in [0, 0.05) is 30.6 Å². The molecule has 0 saturated heterocycles. The standard InChI is InChI=1S/C16H21N5O/c1-2-20-10-11(8-17-20)13-7-15(22)19-16-14(13)9-18-21(16)12-5-3-4-6-12/h8-10,12-13H,2-7H2,1H3,(H,19,22)/t13-/m0/s1. The van der Waals surface area contributed by atoms with Gasteiger partial charge in [-0.15, -0.1) is 0 Å². The number of nitrogens with zero attached hydrogens (tertiary/aromatic N) is 4. The van der Waals surface area contributed by atoms with Gasteiger partial charge in [0.05, 0.1) is 18.4 Å². The summed E-state index contributed by atoms with van der Waals surface area (Å²) >= 11 is 0. The Hall–Kier alpha value is -2.11. The number of aryl methyl sites for hydroxylation is 1. The van der Waals surface area contributed by atoms with Crippen molar-refractivity contribution in [3.63, 3.8) is 0 Å². The van der Waals surface area contributed by atoms with Crippen molar-refractivity contribution >= 4 is 11.7 Å². The summed E-state index contributed by atoms with van der Waals surface area (Å²) in [6.07, 6.45) is 11.1. The van der Waals surface area contributed by atoms with Crippen molar-refractivity contribution in [2.45, 2.75) is 57.5 Å². The van der Waals surface area contributed by atoms with E-state index in [1.165, 1.54) is 12.8 Å². The molecule has 3 heterocycles. The number of hydrogen-bond donors (Lipinski definition) is 1. The van der Waals surface area contributed by atoms with Gasteiger partial charge in [0.15, 0.2) is 0 Å². The van der Waals surface area contributed by atoms with Gasteiger partial charge < -0.3 is 5.32 Å². The number of nitrogens with one attached hydrogen (secondary N) is 1. The molecule has 22 heavy (non-hydrogen) atoms. The van der Waals surface area contributed by atoms with Crippen LogP contribution in [-0.4, -0.2) is 25.5 Å². The summed E-state index contributed by atoms with van der Waals surface area (Å²) in [7, 11) is 0. The second-order valence-corrected chi connectivity index (χ2v) is 6.27. The van der Waals surface area contributed by atoms with E-state index in [0.29, 0.717) is 12.5 Å². The Labute approximate surface area is 129 Å². The minimum Gasteiger partial charge on any atom is -0.311 e. The van der Waals surface area contributed by atoms with E-state index in [2.05, 4.69) is 22.4 Å². The maximum absolute atomic E-state index is 12.2. The molecule has 4 rings (SSSR count). The van der Waals surface area contributed by atoms with Crippen molar-refractivity contribution in [1.82, 2.24) is 19.6 Å². The zero-order chi connectivity index (χ0) is 15.1. The molecule has 1 saturated carbocycles. The van der Waals surface area contributed by atoms with E-state index in [1.54, 1.807) is 0 Å². The minimum atomic E-state index is 0.0687. The van der Waals surface area contributed by atoms with Gasteiger partial charge in [-0.2, -0.15) is 10.2 Å². The maximum atomic E-state index is 12.2. The highest BCUT2D eigenvalue weighted by atomic mass is 16.1. The zero-order valence-electron chi connectivity index (χ0n) is 12.8. The van der Waals surface area contributed by atoms with Gasteiger partial charge >= 0.3 is 0 Å². The summed E-state index contributed by atoms with van der Waals surface area (Å²) in [5.74, 6) is 1.04. The molecule has 1 N–H and O–H groups in total. The summed E-state index contributed by atoms with van der Waals surface area (Å²) in [5, 5.41) is 12.0. The Balaban J connectivity index is 1.73. The van der Waals surface area contributed by atoms with E-state index in [4.69, 9.17) is 0 Å². The molecule has 1 aliphatic heterocycles. The second-order valence-electron chi connectivity index (χ2n) is 6.27. The Morgan fingerprint density at radius 1 is 1.27 bits per heavy atom. The largest absolute Gasteiger partial charge is 0.311 e. The van der Waals surface area contributed by atoms with Crippen LogP contribution in [0, 0.1) is 0 Å². The van der Waals surface area contributed by atoms with Crippen LogP contribution in [0.4, 0.5) is 5.82 Å². The number of carbonyl (C=O) groups is 1. The van der Waals surface area contributed by atoms with Crippen molar-refractivity contribution in [1.29, 1.82) is 0 Å². The maximum Gasteiger partial charge on any atom is 0.226 e. The van der Waals surface area contributed by atoms with Crippen LogP contribution in [0.1, 0.15) is 62.1 Å². The highest BCUT2D eigenvalue weighted by Gasteiger charge is 2.32. The van der Waals surface area contributed by atoms with Gasteiger partial charge in [0.2, 0.25) is 5.91 Å². The predicted molar refractivity (Wildman–Crippen MR) is 82.7 cm³/mol. The molecule has 1 amide bonds. The van der Waals surface area contributed by atoms with E-state index in [9.17, 15) is 4.79 Å². The lowest BCUT2D eigenvalue weighted by molar-refractivity contribution is -0.116. The van der Waals surface area contributed by atoms with Crippen LogP contribution < -0.4 is 5.32 Å². The van der Waals surface area contributed by atoms with Gasteiger partial charge in [-0.1, -0.05) is 12.8 Å². The first kappa shape index (κ1) is 13.5. The first-order chi connectivity index (χ1) is 10.8. The SMILES string of the molecule is CCn1cc([C@@H]2CC(=O)Nc3c2cnn3C2CCCC2)cn1. The van der Waals surface area contributed by atoms with Crippen LogP contribution in [0.2, 0.25) is 0 Å². The molecule has 0 spiro atoms. The molecule has 1 atom stereocenters. The number of anilines is 1. The third kappa shape index (κ3) is 2.14. The fourth-order valence-corrected chi connectivity index (χ4v) is 3.69. The van der Waals surface area contributed by atoms with Crippen molar-refractivity contribution in [2.24, 2.45) is 0 Å². The fraction of sp³-hybridized carbons (Fsp3) is 0.562. The molecule has 1 aliphatic carbocycles. The number of fused-ring (bicyclic) bond motifs is 1. The van der Waals surface area contributed by atoms with Crippen LogP contribution in [0.15, 0.2) is 18.6 Å². The molecule has 0 aromatic carbocycles. The van der Waals surface area contributed by atoms with Crippen molar-refractivity contribution in [3.05, 3.63) is 29.7 Å². The number of rotatable bonds is 3. The van der Waals surface area contributed by atoms with Gasteiger partial charge in [-0.25, -0.2) is 4.68 Å². The summed E-state index contributed by atoms with van der Waals surface area (Å²) < 4.78 is 3.94. The fourth-order valence-electron chi connectivity index (χ4n) is 3.69. The van der Waals surface area contributed by atoms with Crippen LogP contribution in [0.25, 0.3) is 0 Å². The number of aromatic nitrogens is 4. The molecule has 1 fully saturated rings. The lowest BCUT2D eigenvalue weighted by atomic mass is 9.89. The molecule has 116 valence electrons. The van der Waals surface area contributed by atoms with Crippen LogP contribution in [-0.2, 0) is 11.3 Å². The van der Waals surface area contributed by atoms with Crippen LogP contribution >= 0.6 is 0 Å². The molecule has 6 nitrogen and oxygen atoms in total. The van der Waals surface area contributed by atoms with E-state index in [0.717, 1.165) is 36.3 Å². The van der Waals surface area contributed by atoms with E-state index >= 15 is 0 Å². The molecular weight excluding hydrogens is 278 g/mol. The molecule has 6 heteroatoms. The Bertz CT molecular complexity index is 695. The first-order valence-electron chi connectivity index (χ1n) is 8.16. The molecule has 2 aromatic heterocycles. The normalized spacial score (nSPS) is 21.9. The number of amides is 1. The van der Waals surface area contributed by atoms with Crippen molar-refractivity contribution < 1.29 is 4.79 Å². The smallest absolute Gasteiger partial charge is 0.226 e. The molecule has 2 aliphatic rings. The monoisotopic (exact) mass is 299 g/mol. The summed E-state index contributed by atoms with van der Waals surface area (Å²) in [5.41, 5.74) is 2.23. The van der Waals surface area contributed by atoms with E-state index in [-0.39, 0.29) is 11.8 Å². The van der Waals surface area contributed by atoms with Crippen molar-refractivity contribution in [2.75, 3.05) is 5.32 Å². The number of hydrogen-bond acceptors (Lipinski definition) is 3. The highest BCUT2D eigenvalue weighted by Crippen LogP contribution is 2.40. The van der Waals surface area contributed by atoms with Crippen LogP contribution in [0.5, 0.6) is 0 Å². The quantitative estimate of drug-likeness (QED) is 0.947. The predicted octanol–water partition coefficient (Wildman–Crippen LogP) is 2.69. The van der Waals surface area contributed by atoms with Gasteiger partial charge in [0.25, 0.3) is 0 Å². The summed E-state index contributed by atoms with van der Waals surface area (Å²) in [6.45, 7) is 2.90. The minimum absolute atomic E-state index is 0.0687. The lowest BCUT2D eigenvalue weighted by Crippen LogP contribution is -2.25. The van der Waals surface area contributed by atoms with E-state index < -0.39 is 0 Å². The molecule has 0 unspecified atom stereocenters. The summed E-state index contributed by atoms with van der Waals surface area (Å²) in [4.78, 5) is 12.2. The Kier molecular flexibility index (Phi) is 3.24. The topological polar surface area (TPSA) is 64.7 Å².